The van der Waals surface area contributed by atoms with E-state index in [1.165, 1.54) is 17.3 Å². The van der Waals surface area contributed by atoms with Crippen LogP contribution in [0.15, 0.2) is 42.6 Å². The fourth-order valence-corrected chi connectivity index (χ4v) is 5.16. The van der Waals surface area contributed by atoms with Crippen LogP contribution >= 0.6 is 0 Å². The fourth-order valence-electron chi connectivity index (χ4n) is 5.16. The molecule has 212 valence electrons. The number of hydrogen-bond donors (Lipinski definition) is 3. The minimum absolute atomic E-state index is 0.0476. The molecule has 0 saturated carbocycles. The van der Waals surface area contributed by atoms with Crippen molar-refractivity contribution < 1.29 is 22.8 Å². The van der Waals surface area contributed by atoms with Crippen LogP contribution < -0.4 is 16.0 Å². The molecule has 11 heteroatoms. The quantitative estimate of drug-likeness (QED) is 0.448. The van der Waals surface area contributed by atoms with Crippen molar-refractivity contribution in [3.63, 3.8) is 0 Å². The molecule has 1 aromatic carbocycles. The highest BCUT2D eigenvalue weighted by atomic mass is 19.4. The molecule has 0 spiro atoms. The molecule has 2 unspecified atom stereocenters. The van der Waals surface area contributed by atoms with Crippen LogP contribution in [-0.4, -0.2) is 83.6 Å². The summed E-state index contributed by atoms with van der Waals surface area (Å²) < 4.78 is 40.1. The predicted octanol–water partition coefficient (Wildman–Crippen LogP) is 3.20. The van der Waals surface area contributed by atoms with Gasteiger partial charge in [0.25, 0.3) is 5.91 Å². The van der Waals surface area contributed by atoms with Crippen molar-refractivity contribution in [2.75, 3.05) is 38.0 Å². The average Bonchev–Trinajstić information content (AvgIpc) is 2.91. The van der Waals surface area contributed by atoms with Crippen LogP contribution in [0.4, 0.5) is 19.0 Å². The Balaban J connectivity index is 1.35. The number of nitrogens with zero attached hydrogens (tertiary/aromatic N) is 3. The van der Waals surface area contributed by atoms with Gasteiger partial charge in [-0.05, 0) is 49.4 Å². The van der Waals surface area contributed by atoms with Crippen LogP contribution in [0.25, 0.3) is 0 Å². The van der Waals surface area contributed by atoms with Gasteiger partial charge in [0.1, 0.15) is 11.9 Å². The third kappa shape index (κ3) is 8.15. The first-order chi connectivity index (χ1) is 18.6. The second-order valence-electron chi connectivity index (χ2n) is 10.4. The first-order valence-electron chi connectivity index (χ1n) is 13.5. The van der Waals surface area contributed by atoms with Gasteiger partial charge >= 0.3 is 6.18 Å². The summed E-state index contributed by atoms with van der Waals surface area (Å²) in [5.41, 5.74) is 2.82. The number of aromatic nitrogens is 1. The van der Waals surface area contributed by atoms with Crippen LogP contribution in [0.3, 0.4) is 0 Å². The van der Waals surface area contributed by atoms with Crippen molar-refractivity contribution >= 4 is 17.6 Å². The van der Waals surface area contributed by atoms with E-state index >= 15 is 0 Å². The van der Waals surface area contributed by atoms with Gasteiger partial charge in [0.2, 0.25) is 5.91 Å². The topological polar surface area (TPSA) is 89.6 Å². The molecule has 8 nitrogen and oxygen atoms in total. The van der Waals surface area contributed by atoms with Crippen LogP contribution in [0.5, 0.6) is 0 Å². The summed E-state index contributed by atoms with van der Waals surface area (Å²) >= 11 is 0. The molecule has 39 heavy (non-hydrogen) atoms. The molecular formula is C28H37F3N6O2. The van der Waals surface area contributed by atoms with E-state index in [1.807, 2.05) is 23.1 Å². The standard InChI is InChI=1S/C28H37F3N6O2/c1-19(28(29,30)31)34-25(18-36-12-8-21-5-3-4-6-23(21)17-36)16-33-27(39)22-7-11-32-26(15-22)35-24-9-13-37(14-10-24)20(2)38/h3-7,11,15,19,24-25,34H,8-10,12-14,16-18H2,1-2H3,(H,32,35)(H,33,39). The van der Waals surface area contributed by atoms with Crippen molar-refractivity contribution in [1.82, 2.24) is 25.4 Å². The maximum Gasteiger partial charge on any atom is 0.403 e. The third-order valence-electron chi connectivity index (χ3n) is 7.49. The Morgan fingerprint density at radius 3 is 2.51 bits per heavy atom. The molecular weight excluding hydrogens is 509 g/mol. The molecule has 1 aromatic heterocycles. The zero-order valence-electron chi connectivity index (χ0n) is 22.4. The summed E-state index contributed by atoms with van der Waals surface area (Å²) in [6, 6.07) is 9.17. The molecule has 0 bridgehead atoms. The molecule has 2 amide bonds. The Bertz CT molecular complexity index is 1140. The van der Waals surface area contributed by atoms with E-state index in [1.54, 1.807) is 19.1 Å². The number of benzene rings is 1. The molecule has 0 aliphatic carbocycles. The Labute approximate surface area is 227 Å². The Morgan fingerprint density at radius 1 is 1.10 bits per heavy atom. The van der Waals surface area contributed by atoms with E-state index in [0.717, 1.165) is 32.7 Å². The Kier molecular flexibility index (Phi) is 9.45. The van der Waals surface area contributed by atoms with Gasteiger partial charge in [-0.3, -0.25) is 14.5 Å². The number of carbonyl (C=O) groups excluding carboxylic acids is 2. The monoisotopic (exact) mass is 546 g/mol. The molecule has 4 rings (SSSR count). The summed E-state index contributed by atoms with van der Waals surface area (Å²) in [7, 11) is 0. The van der Waals surface area contributed by atoms with Crippen molar-refractivity contribution in [1.29, 1.82) is 0 Å². The minimum Gasteiger partial charge on any atom is -0.367 e. The fraction of sp³-hybridized carbons (Fsp3) is 0.536. The van der Waals surface area contributed by atoms with Crippen LogP contribution in [0.1, 0.15) is 48.2 Å². The lowest BCUT2D eigenvalue weighted by molar-refractivity contribution is -0.153. The van der Waals surface area contributed by atoms with Crippen molar-refractivity contribution in [2.24, 2.45) is 0 Å². The molecule has 2 aliphatic rings. The predicted molar refractivity (Wildman–Crippen MR) is 143 cm³/mol. The molecule has 2 aliphatic heterocycles. The first kappa shape index (κ1) is 28.8. The Hall–Kier alpha value is -3.18. The molecule has 2 atom stereocenters. The lowest BCUT2D eigenvalue weighted by Gasteiger charge is -2.34. The van der Waals surface area contributed by atoms with Crippen molar-refractivity contribution in [2.45, 2.75) is 64.0 Å². The number of piperidine rings is 1. The van der Waals surface area contributed by atoms with Crippen LogP contribution in [-0.2, 0) is 17.8 Å². The lowest BCUT2D eigenvalue weighted by atomic mass is 9.99. The average molecular weight is 547 g/mol. The Morgan fingerprint density at radius 2 is 1.82 bits per heavy atom. The summed E-state index contributed by atoms with van der Waals surface area (Å²) in [5.74, 6) is 0.242. The second kappa shape index (κ2) is 12.8. The SMILES string of the molecule is CC(=O)N1CCC(Nc2cc(C(=O)NCC(CN3CCc4ccccc4C3)NC(C)C(F)(F)F)ccn2)CC1. The molecule has 3 heterocycles. The number of anilines is 1. The van der Waals surface area contributed by atoms with E-state index in [-0.39, 0.29) is 24.4 Å². The van der Waals surface area contributed by atoms with Gasteiger partial charge in [0, 0.05) is 70.0 Å². The van der Waals surface area contributed by atoms with E-state index < -0.39 is 18.3 Å². The summed E-state index contributed by atoms with van der Waals surface area (Å²) in [6.07, 6.45) is -0.449. The lowest BCUT2D eigenvalue weighted by Crippen LogP contribution is -2.54. The number of fused-ring (bicyclic) bond motifs is 1. The maximum atomic E-state index is 13.4. The number of amides is 2. The molecule has 0 radical (unpaired) electrons. The number of halogens is 3. The smallest absolute Gasteiger partial charge is 0.367 e. The first-order valence-corrected chi connectivity index (χ1v) is 13.5. The normalized spacial score (nSPS) is 18.2. The zero-order valence-corrected chi connectivity index (χ0v) is 22.4. The third-order valence-corrected chi connectivity index (χ3v) is 7.49. The van der Waals surface area contributed by atoms with Gasteiger partial charge < -0.3 is 20.9 Å². The van der Waals surface area contributed by atoms with Gasteiger partial charge in [0.15, 0.2) is 0 Å². The van der Waals surface area contributed by atoms with Gasteiger partial charge in [-0.1, -0.05) is 24.3 Å². The number of hydrogen-bond acceptors (Lipinski definition) is 6. The van der Waals surface area contributed by atoms with E-state index in [4.69, 9.17) is 0 Å². The number of nitrogens with one attached hydrogen (secondary N) is 3. The molecule has 1 saturated heterocycles. The van der Waals surface area contributed by atoms with E-state index in [0.29, 0.717) is 37.6 Å². The summed E-state index contributed by atoms with van der Waals surface area (Å²) in [6.45, 7) is 5.82. The maximum absolute atomic E-state index is 13.4. The van der Waals surface area contributed by atoms with Crippen molar-refractivity contribution in [3.05, 3.63) is 59.3 Å². The largest absolute Gasteiger partial charge is 0.403 e. The molecule has 1 fully saturated rings. The highest BCUT2D eigenvalue weighted by Gasteiger charge is 2.37. The number of pyridine rings is 1. The zero-order chi connectivity index (χ0) is 28.0. The van der Waals surface area contributed by atoms with Gasteiger partial charge in [-0.2, -0.15) is 13.2 Å². The number of likely N-dealkylation sites (tertiary alicyclic amines) is 1. The van der Waals surface area contributed by atoms with E-state index in [9.17, 15) is 22.8 Å². The number of carbonyl (C=O) groups is 2. The summed E-state index contributed by atoms with van der Waals surface area (Å²) in [5, 5.41) is 8.83. The highest BCUT2D eigenvalue weighted by molar-refractivity contribution is 5.94. The molecule has 2 aromatic rings. The second-order valence-corrected chi connectivity index (χ2v) is 10.4. The minimum atomic E-state index is -4.39. The number of rotatable bonds is 9. The van der Waals surface area contributed by atoms with Crippen molar-refractivity contribution in [3.8, 4) is 0 Å². The van der Waals surface area contributed by atoms with Gasteiger partial charge in [0.05, 0.1) is 0 Å². The van der Waals surface area contributed by atoms with Crippen LogP contribution in [0.2, 0.25) is 0 Å². The van der Waals surface area contributed by atoms with Gasteiger partial charge in [-0.15, -0.1) is 0 Å². The van der Waals surface area contributed by atoms with Crippen LogP contribution in [0, 0.1) is 0 Å². The number of alkyl halides is 3. The summed E-state index contributed by atoms with van der Waals surface area (Å²) in [4.78, 5) is 32.8. The highest BCUT2D eigenvalue weighted by Crippen LogP contribution is 2.22. The molecule has 3 N–H and O–H groups in total. The van der Waals surface area contributed by atoms with E-state index in [2.05, 4.69) is 31.9 Å². The van der Waals surface area contributed by atoms with Gasteiger partial charge in [-0.25, -0.2) is 4.98 Å².